The van der Waals surface area contributed by atoms with Gasteiger partial charge < -0.3 is 10.2 Å². The van der Waals surface area contributed by atoms with E-state index >= 15 is 0 Å². The van der Waals surface area contributed by atoms with Crippen molar-refractivity contribution in [2.24, 2.45) is 0 Å². The van der Waals surface area contributed by atoms with Gasteiger partial charge in [0.2, 0.25) is 0 Å². The van der Waals surface area contributed by atoms with Crippen molar-refractivity contribution in [3.63, 3.8) is 0 Å². The summed E-state index contributed by atoms with van der Waals surface area (Å²) >= 11 is 0. The van der Waals surface area contributed by atoms with Crippen molar-refractivity contribution in [2.45, 2.75) is 50.3 Å². The summed E-state index contributed by atoms with van der Waals surface area (Å²) in [6, 6.07) is 0.605. The molecule has 18 heavy (non-hydrogen) atoms. The van der Waals surface area contributed by atoms with Crippen molar-refractivity contribution in [1.29, 1.82) is 0 Å². The van der Waals surface area contributed by atoms with Crippen LogP contribution in [0.25, 0.3) is 0 Å². The first-order valence-corrected chi connectivity index (χ1v) is 9.00. The molecule has 2 rings (SSSR count). The van der Waals surface area contributed by atoms with Crippen molar-refractivity contribution in [1.82, 2.24) is 10.2 Å². The van der Waals surface area contributed by atoms with Gasteiger partial charge in [0.25, 0.3) is 0 Å². The van der Waals surface area contributed by atoms with Crippen LogP contribution in [-0.2, 0) is 9.84 Å². The van der Waals surface area contributed by atoms with Gasteiger partial charge in [-0.05, 0) is 51.7 Å². The monoisotopic (exact) mass is 274 g/mol. The van der Waals surface area contributed by atoms with Gasteiger partial charge in [0.1, 0.15) is 0 Å². The molecule has 2 heterocycles. The Morgan fingerprint density at radius 1 is 1.22 bits per heavy atom. The first kappa shape index (κ1) is 14.3. The minimum absolute atomic E-state index is 0.0926. The van der Waals surface area contributed by atoms with E-state index in [1.807, 2.05) is 0 Å². The smallest absolute Gasteiger partial charge is 0.154 e. The van der Waals surface area contributed by atoms with Crippen molar-refractivity contribution >= 4 is 9.84 Å². The number of rotatable bonds is 3. The van der Waals surface area contributed by atoms with Gasteiger partial charge in [-0.3, -0.25) is 0 Å². The number of sulfone groups is 1. The number of nitrogens with one attached hydrogen (secondary N) is 1. The van der Waals surface area contributed by atoms with Gasteiger partial charge in [0.15, 0.2) is 9.84 Å². The largest absolute Gasteiger partial charge is 0.314 e. The zero-order valence-electron chi connectivity index (χ0n) is 11.4. The fourth-order valence-electron chi connectivity index (χ4n) is 3.04. The van der Waals surface area contributed by atoms with Crippen LogP contribution < -0.4 is 5.32 Å². The second-order valence-corrected chi connectivity index (χ2v) is 8.03. The minimum atomic E-state index is -2.78. The molecule has 2 unspecified atom stereocenters. The fraction of sp³-hybridized carbons (Fsp3) is 1.00. The Balaban J connectivity index is 1.88. The predicted molar refractivity (Wildman–Crippen MR) is 74.6 cm³/mol. The summed E-state index contributed by atoms with van der Waals surface area (Å²) in [6.45, 7) is 6.11. The average molecular weight is 274 g/mol. The average Bonchev–Trinajstić information content (AvgIpc) is 2.62. The molecule has 0 spiro atoms. The van der Waals surface area contributed by atoms with Crippen LogP contribution in [0.5, 0.6) is 0 Å². The third-order valence-corrected chi connectivity index (χ3v) is 6.55. The Labute approximate surface area is 111 Å². The van der Waals surface area contributed by atoms with E-state index < -0.39 is 9.84 Å². The molecule has 0 aromatic rings. The Morgan fingerprint density at radius 3 is 2.72 bits per heavy atom. The van der Waals surface area contributed by atoms with Gasteiger partial charge in [0, 0.05) is 12.6 Å². The third-order valence-electron chi connectivity index (χ3n) is 4.30. The Bertz CT molecular complexity index is 356. The molecule has 2 fully saturated rings. The van der Waals surface area contributed by atoms with Gasteiger partial charge >= 0.3 is 0 Å². The predicted octanol–water partition coefficient (Wildman–Crippen LogP) is 1.03. The van der Waals surface area contributed by atoms with Gasteiger partial charge in [-0.2, -0.15) is 0 Å². The normalized spacial score (nSPS) is 34.1. The summed E-state index contributed by atoms with van der Waals surface area (Å²) in [6.07, 6.45) is 5.16. The molecular weight excluding hydrogens is 248 g/mol. The first-order chi connectivity index (χ1) is 8.62. The lowest BCUT2D eigenvalue weighted by Gasteiger charge is -2.30. The first-order valence-electron chi connectivity index (χ1n) is 7.29. The van der Waals surface area contributed by atoms with Gasteiger partial charge in [0.05, 0.1) is 11.0 Å². The number of nitrogens with zero attached hydrogens (tertiary/aromatic N) is 1. The van der Waals surface area contributed by atoms with E-state index in [1.54, 1.807) is 0 Å². The molecule has 0 bridgehead atoms. The van der Waals surface area contributed by atoms with Crippen molar-refractivity contribution in [3.8, 4) is 0 Å². The van der Waals surface area contributed by atoms with Crippen LogP contribution in [0.15, 0.2) is 0 Å². The second kappa shape index (κ2) is 6.35. The van der Waals surface area contributed by atoms with E-state index in [0.717, 1.165) is 58.3 Å². The van der Waals surface area contributed by atoms with Crippen LogP contribution in [0.4, 0.5) is 0 Å². The van der Waals surface area contributed by atoms with Crippen LogP contribution in [0.1, 0.15) is 39.0 Å². The van der Waals surface area contributed by atoms with E-state index in [9.17, 15) is 8.42 Å². The molecule has 1 N–H and O–H groups in total. The minimum Gasteiger partial charge on any atom is -0.314 e. The maximum atomic E-state index is 11.9. The maximum absolute atomic E-state index is 11.9. The highest BCUT2D eigenvalue weighted by Crippen LogP contribution is 2.21. The van der Waals surface area contributed by atoms with E-state index in [-0.39, 0.29) is 5.25 Å². The molecule has 0 aromatic carbocycles. The molecular formula is C13H26N2O2S. The topological polar surface area (TPSA) is 49.4 Å². The van der Waals surface area contributed by atoms with E-state index in [0.29, 0.717) is 11.8 Å². The molecule has 0 aromatic heterocycles. The van der Waals surface area contributed by atoms with Crippen molar-refractivity contribution in [2.75, 3.05) is 31.9 Å². The van der Waals surface area contributed by atoms with Crippen molar-refractivity contribution in [3.05, 3.63) is 0 Å². The molecule has 4 nitrogen and oxygen atoms in total. The molecule has 106 valence electrons. The fourth-order valence-corrected chi connectivity index (χ4v) is 4.91. The lowest BCUT2D eigenvalue weighted by molar-refractivity contribution is 0.230. The number of hydrogen-bond donors (Lipinski definition) is 1. The highest BCUT2D eigenvalue weighted by Gasteiger charge is 2.32. The van der Waals surface area contributed by atoms with Crippen LogP contribution in [0.2, 0.25) is 0 Å². The third kappa shape index (κ3) is 3.68. The highest BCUT2D eigenvalue weighted by molar-refractivity contribution is 7.92. The molecule has 2 atom stereocenters. The van der Waals surface area contributed by atoms with Crippen LogP contribution in [-0.4, -0.2) is 56.5 Å². The second-order valence-electron chi connectivity index (χ2n) is 5.63. The summed E-state index contributed by atoms with van der Waals surface area (Å²) in [5, 5.41) is 3.46. The Morgan fingerprint density at radius 2 is 2.06 bits per heavy atom. The van der Waals surface area contributed by atoms with E-state index in [2.05, 4.69) is 17.1 Å². The SMILES string of the molecule is CCC1CCN(CC2CCCS2(=O)=O)CCCN1. The van der Waals surface area contributed by atoms with Crippen LogP contribution in [0.3, 0.4) is 0 Å². The zero-order valence-corrected chi connectivity index (χ0v) is 12.2. The highest BCUT2D eigenvalue weighted by atomic mass is 32.2. The van der Waals surface area contributed by atoms with Gasteiger partial charge in [-0.1, -0.05) is 6.92 Å². The number of hydrogen-bond acceptors (Lipinski definition) is 4. The molecule has 2 aliphatic heterocycles. The van der Waals surface area contributed by atoms with E-state index in [4.69, 9.17) is 0 Å². The van der Waals surface area contributed by atoms with Gasteiger partial charge in [-0.15, -0.1) is 0 Å². The quantitative estimate of drug-likeness (QED) is 0.835. The summed E-state index contributed by atoms with van der Waals surface area (Å²) < 4.78 is 23.7. The molecule has 2 saturated heterocycles. The molecule has 0 amide bonds. The molecule has 2 aliphatic rings. The van der Waals surface area contributed by atoms with E-state index in [1.165, 1.54) is 0 Å². The summed E-state index contributed by atoms with van der Waals surface area (Å²) in [4.78, 5) is 2.37. The Hall–Kier alpha value is -0.130. The lowest BCUT2D eigenvalue weighted by atomic mass is 10.1. The molecule has 5 heteroatoms. The van der Waals surface area contributed by atoms with Crippen LogP contribution in [0, 0.1) is 0 Å². The lowest BCUT2D eigenvalue weighted by Crippen LogP contribution is -2.42. The summed E-state index contributed by atoms with van der Waals surface area (Å²) in [5.41, 5.74) is 0. The molecule has 0 aliphatic carbocycles. The standard InChI is InChI=1S/C13H26N2O2S/c1-2-12-6-9-15(8-4-7-14-12)11-13-5-3-10-18(13,16)17/h12-14H,2-11H2,1H3. The van der Waals surface area contributed by atoms with Crippen LogP contribution >= 0.6 is 0 Å². The summed E-state index contributed by atoms with van der Waals surface area (Å²) in [7, 11) is -2.78. The molecule has 0 saturated carbocycles. The van der Waals surface area contributed by atoms with Gasteiger partial charge in [-0.25, -0.2) is 8.42 Å². The zero-order chi connectivity index (χ0) is 13.0. The van der Waals surface area contributed by atoms with Crippen molar-refractivity contribution < 1.29 is 8.42 Å². The molecule has 0 radical (unpaired) electrons. The summed E-state index contributed by atoms with van der Waals surface area (Å²) in [5.74, 6) is 0.407. The Kier molecular flexibility index (Phi) is 5.04. The maximum Gasteiger partial charge on any atom is 0.154 e.